The van der Waals surface area contributed by atoms with E-state index in [2.05, 4.69) is 39.5 Å². The third-order valence-corrected chi connectivity index (χ3v) is 9.30. The zero-order chi connectivity index (χ0) is 10.8. The van der Waals surface area contributed by atoms with Crippen LogP contribution < -0.4 is 5.19 Å². The number of hydrogen-bond acceptors (Lipinski definition) is 0. The molecule has 0 amide bonds. The maximum Gasteiger partial charge on any atom is 0.214 e. The van der Waals surface area contributed by atoms with Crippen LogP contribution in [0.3, 0.4) is 0 Å². The smallest absolute Gasteiger partial charge is 0.155 e. The fraction of sp³-hybridized carbons (Fsp3) is 0.333. The summed E-state index contributed by atoms with van der Waals surface area (Å²) in [5.74, 6) is 0. The molecule has 0 aliphatic heterocycles. The van der Waals surface area contributed by atoms with Gasteiger partial charge in [0, 0.05) is 0 Å². The van der Waals surface area contributed by atoms with E-state index in [4.69, 9.17) is 11.1 Å². The standard InChI is InChI=1S/C12H17ClSi/c1-5-14(13,12(2,3)4)11-9-7-6-8-10-11/h5-10H,1H2,2-4H3. The van der Waals surface area contributed by atoms with E-state index >= 15 is 0 Å². The molecule has 0 fully saturated rings. The van der Waals surface area contributed by atoms with Crippen LogP contribution in [0.2, 0.25) is 5.04 Å². The Morgan fingerprint density at radius 2 is 1.71 bits per heavy atom. The number of halogens is 1. The van der Waals surface area contributed by atoms with Crippen LogP contribution in [-0.4, -0.2) is 7.38 Å². The molecule has 0 aliphatic rings. The summed E-state index contributed by atoms with van der Waals surface area (Å²) in [4.78, 5) is 0. The van der Waals surface area contributed by atoms with E-state index in [9.17, 15) is 0 Å². The first-order chi connectivity index (χ1) is 6.42. The van der Waals surface area contributed by atoms with Gasteiger partial charge in [-0.3, -0.25) is 0 Å². The van der Waals surface area contributed by atoms with E-state index in [1.165, 1.54) is 5.19 Å². The molecule has 0 aromatic heterocycles. The van der Waals surface area contributed by atoms with Crippen LogP contribution in [0, 0.1) is 0 Å². The van der Waals surface area contributed by atoms with Gasteiger partial charge in [0.15, 0.2) is 0 Å². The Balaban J connectivity index is 3.22. The van der Waals surface area contributed by atoms with Gasteiger partial charge in [0.25, 0.3) is 0 Å². The predicted octanol–water partition coefficient (Wildman–Crippen LogP) is 3.60. The van der Waals surface area contributed by atoms with Gasteiger partial charge in [0.1, 0.15) is 0 Å². The summed E-state index contributed by atoms with van der Waals surface area (Å²) in [5, 5.41) is 1.33. The molecule has 0 N–H and O–H groups in total. The van der Waals surface area contributed by atoms with Gasteiger partial charge in [-0.2, -0.15) is 11.1 Å². The molecule has 0 aliphatic carbocycles. The Hall–Kier alpha value is -0.533. The Bertz CT molecular complexity index is 313. The molecule has 0 heterocycles. The van der Waals surface area contributed by atoms with Crippen molar-refractivity contribution in [2.75, 3.05) is 0 Å². The van der Waals surface area contributed by atoms with Crippen LogP contribution in [0.15, 0.2) is 42.6 Å². The van der Waals surface area contributed by atoms with Crippen molar-refractivity contribution in [1.29, 1.82) is 0 Å². The average molecular weight is 225 g/mol. The van der Waals surface area contributed by atoms with E-state index in [0.29, 0.717) is 0 Å². The zero-order valence-electron chi connectivity index (χ0n) is 9.05. The van der Waals surface area contributed by atoms with Gasteiger partial charge >= 0.3 is 0 Å². The highest BCUT2D eigenvalue weighted by Crippen LogP contribution is 2.39. The third-order valence-electron chi connectivity index (χ3n) is 2.57. The van der Waals surface area contributed by atoms with Crippen molar-refractivity contribution in [1.82, 2.24) is 0 Å². The Morgan fingerprint density at radius 1 is 1.21 bits per heavy atom. The highest BCUT2D eigenvalue weighted by Gasteiger charge is 2.42. The van der Waals surface area contributed by atoms with Gasteiger partial charge in [-0.1, -0.05) is 56.8 Å². The predicted molar refractivity (Wildman–Crippen MR) is 67.6 cm³/mol. The molecule has 14 heavy (non-hydrogen) atoms. The van der Waals surface area contributed by atoms with Crippen molar-refractivity contribution in [3.05, 3.63) is 42.6 Å². The minimum absolute atomic E-state index is 0.0949. The molecular weight excluding hydrogens is 208 g/mol. The minimum Gasteiger partial charge on any atom is -0.155 e. The second-order valence-corrected chi connectivity index (χ2v) is 10.2. The van der Waals surface area contributed by atoms with Gasteiger partial charge in [0.2, 0.25) is 7.38 Å². The van der Waals surface area contributed by atoms with E-state index in [0.717, 1.165) is 0 Å². The van der Waals surface area contributed by atoms with Crippen molar-refractivity contribution in [3.63, 3.8) is 0 Å². The highest BCUT2D eigenvalue weighted by molar-refractivity contribution is 7.31. The molecule has 1 unspecified atom stereocenters. The summed E-state index contributed by atoms with van der Waals surface area (Å²) >= 11 is 6.75. The summed E-state index contributed by atoms with van der Waals surface area (Å²) in [6.45, 7) is 10.4. The van der Waals surface area contributed by atoms with Gasteiger partial charge in [-0.05, 0) is 10.2 Å². The van der Waals surface area contributed by atoms with Gasteiger partial charge < -0.3 is 0 Å². The SMILES string of the molecule is C=C[Si](Cl)(c1ccccc1)C(C)(C)C. The lowest BCUT2D eigenvalue weighted by Gasteiger charge is -2.34. The Labute approximate surface area is 92.3 Å². The lowest BCUT2D eigenvalue weighted by molar-refractivity contribution is 0.744. The minimum atomic E-state index is -2.06. The molecule has 76 valence electrons. The summed E-state index contributed by atoms with van der Waals surface area (Å²) in [5.41, 5.74) is 1.96. The van der Waals surface area contributed by atoms with Crippen molar-refractivity contribution in [2.24, 2.45) is 0 Å². The Kier molecular flexibility index (Phi) is 3.23. The second-order valence-electron chi connectivity index (χ2n) is 4.53. The first-order valence-electron chi connectivity index (χ1n) is 4.80. The fourth-order valence-electron chi connectivity index (χ4n) is 1.54. The molecular formula is C12H17ClSi. The number of benzene rings is 1. The highest BCUT2D eigenvalue weighted by atomic mass is 35.6. The van der Waals surface area contributed by atoms with Crippen LogP contribution >= 0.6 is 11.1 Å². The summed E-state index contributed by atoms with van der Waals surface area (Å²) in [6.07, 6.45) is 0. The molecule has 1 atom stereocenters. The lowest BCUT2D eigenvalue weighted by atomic mass is 10.2. The molecule has 0 spiro atoms. The maximum absolute atomic E-state index is 6.75. The fourth-order valence-corrected chi connectivity index (χ4v) is 4.31. The normalized spacial score (nSPS) is 16.0. The average Bonchev–Trinajstić information content (AvgIpc) is 2.16. The molecule has 0 bridgehead atoms. The molecule has 2 heteroatoms. The van der Waals surface area contributed by atoms with Crippen LogP contribution in [0.1, 0.15) is 20.8 Å². The van der Waals surface area contributed by atoms with Crippen LogP contribution in [0.25, 0.3) is 0 Å². The van der Waals surface area contributed by atoms with E-state index < -0.39 is 7.38 Å². The third kappa shape index (κ3) is 1.94. The number of hydrogen-bond donors (Lipinski definition) is 0. The van der Waals surface area contributed by atoms with Crippen molar-refractivity contribution in [2.45, 2.75) is 25.8 Å². The van der Waals surface area contributed by atoms with Crippen LogP contribution in [0.5, 0.6) is 0 Å². The first kappa shape index (κ1) is 11.5. The van der Waals surface area contributed by atoms with Gasteiger partial charge in [-0.15, -0.1) is 6.58 Å². The lowest BCUT2D eigenvalue weighted by Crippen LogP contribution is -2.48. The monoisotopic (exact) mass is 224 g/mol. The molecule has 0 radical (unpaired) electrons. The van der Waals surface area contributed by atoms with Crippen molar-refractivity contribution < 1.29 is 0 Å². The summed E-state index contributed by atoms with van der Waals surface area (Å²) < 4.78 is 0. The molecule has 1 aromatic rings. The summed E-state index contributed by atoms with van der Waals surface area (Å²) in [6, 6.07) is 10.3. The molecule has 1 aromatic carbocycles. The first-order valence-corrected chi connectivity index (χ1v) is 7.89. The largest absolute Gasteiger partial charge is 0.214 e. The second kappa shape index (κ2) is 3.91. The number of rotatable bonds is 2. The quantitative estimate of drug-likeness (QED) is 0.532. The van der Waals surface area contributed by atoms with Crippen molar-refractivity contribution in [3.8, 4) is 0 Å². The Morgan fingerprint density at radius 3 is 2.07 bits per heavy atom. The summed E-state index contributed by atoms with van der Waals surface area (Å²) in [7, 11) is -2.06. The van der Waals surface area contributed by atoms with Crippen LogP contribution in [-0.2, 0) is 0 Å². The van der Waals surface area contributed by atoms with Gasteiger partial charge in [-0.25, -0.2) is 0 Å². The molecule has 0 saturated heterocycles. The molecule has 1 rings (SSSR count). The van der Waals surface area contributed by atoms with Crippen molar-refractivity contribution >= 4 is 23.6 Å². The molecule has 0 saturated carbocycles. The van der Waals surface area contributed by atoms with E-state index in [-0.39, 0.29) is 5.04 Å². The van der Waals surface area contributed by atoms with E-state index in [1.54, 1.807) is 0 Å². The van der Waals surface area contributed by atoms with Gasteiger partial charge in [0.05, 0.1) is 0 Å². The maximum atomic E-state index is 6.75. The molecule has 0 nitrogen and oxygen atoms in total. The topological polar surface area (TPSA) is 0 Å². The van der Waals surface area contributed by atoms with E-state index in [1.807, 2.05) is 23.9 Å². The van der Waals surface area contributed by atoms with Crippen LogP contribution in [0.4, 0.5) is 0 Å². The zero-order valence-corrected chi connectivity index (χ0v) is 10.8.